The number of amides is 11. The van der Waals surface area contributed by atoms with Crippen LogP contribution in [0.1, 0.15) is 184 Å². The molecule has 11 amide bonds. The van der Waals surface area contributed by atoms with Crippen molar-refractivity contribution in [2.75, 3.05) is 122 Å². The van der Waals surface area contributed by atoms with Gasteiger partial charge >= 0.3 is 18.3 Å². The number of anilines is 7. The molecule has 0 saturated carbocycles. The Kier molecular flexibility index (Phi) is 29.5. The first-order valence-electron chi connectivity index (χ1n) is 44.2. The molecule has 0 aliphatic carbocycles. The Balaban J connectivity index is 0.000000182. The number of hydrogen-bond acceptors (Lipinski definition) is 23. The molecule has 41 heteroatoms. The molecule has 2 aromatic heterocycles. The zero-order valence-corrected chi connectivity index (χ0v) is 74.4. The molecule has 712 valence electrons. The molecular weight excluding hydrogens is 1780 g/mol. The predicted molar refractivity (Wildman–Crippen MR) is 475 cm³/mol. The molecule has 8 aromatic rings. The summed E-state index contributed by atoms with van der Waals surface area (Å²) in [6.07, 6.45) is 1.44. The number of carbonyl (C=O) groups is 12. The van der Waals surface area contributed by atoms with Gasteiger partial charge in [-0.1, -0.05) is 18.2 Å². The SMILES string of the molecule is C[C@@H]1CN(c2cc(F)c(-c3cnc(N4CCCCC4)nc3)cc2NC(=O)c2ccc(F)cc2C(F)(F)F)C[C@H](C)N1C.C[C@@H]1CN(c2cc(F)c(-c3cnc(N4CCN(C(=O)CCCNc5cccc6c5C(=O)N(C5CCC(=O)NC5=O)C6=O)CC4)nc3)cc2NC(=O)c2ccc(F)cc2C(F)(F)F)C[C@H](C)N1C.O=C(O)CCCCc1cccc2c1C(=O)N(C1CCC(=O)NC1=O)C2=O. The second-order valence-electron chi connectivity index (χ2n) is 34.6. The Bertz CT molecular complexity index is 5940. The van der Waals surface area contributed by atoms with Crippen molar-refractivity contribution in [3.05, 3.63) is 195 Å². The van der Waals surface area contributed by atoms with Crippen molar-refractivity contribution in [1.82, 2.24) is 55.1 Å². The van der Waals surface area contributed by atoms with E-state index in [-0.39, 0.29) is 137 Å². The van der Waals surface area contributed by atoms with Gasteiger partial charge in [-0.15, -0.1) is 0 Å². The minimum atomic E-state index is -5.03. The third-order valence-corrected chi connectivity index (χ3v) is 25.6. The number of likely N-dealkylation sites (N-methyl/N-ethyl adjacent to an activating group) is 2. The van der Waals surface area contributed by atoms with Crippen LogP contribution in [-0.4, -0.2) is 243 Å². The summed E-state index contributed by atoms with van der Waals surface area (Å²) in [5, 5.41) is 21.3. The number of fused-ring (bicyclic) bond motifs is 2. The van der Waals surface area contributed by atoms with Gasteiger partial charge in [0.15, 0.2) is 0 Å². The fraction of sp³-hybridized carbons (Fsp3) is 0.404. The number of rotatable bonds is 22. The van der Waals surface area contributed by atoms with Crippen LogP contribution in [-0.2, 0) is 47.5 Å². The van der Waals surface area contributed by atoms with E-state index >= 15 is 8.78 Å². The average Bonchev–Trinajstić information content (AvgIpc) is 1.70. The first-order chi connectivity index (χ1) is 64.2. The van der Waals surface area contributed by atoms with Gasteiger partial charge in [-0.2, -0.15) is 26.3 Å². The highest BCUT2D eigenvalue weighted by Gasteiger charge is 2.49. The van der Waals surface area contributed by atoms with Crippen LogP contribution in [0.3, 0.4) is 0 Å². The van der Waals surface area contributed by atoms with Crippen LogP contribution in [0.2, 0.25) is 0 Å². The fourth-order valence-corrected chi connectivity index (χ4v) is 17.9. The minimum Gasteiger partial charge on any atom is -0.481 e. The van der Waals surface area contributed by atoms with Crippen molar-refractivity contribution < 1.29 is 107 Å². The third kappa shape index (κ3) is 21.7. The summed E-state index contributed by atoms with van der Waals surface area (Å²) in [6, 6.07) is 16.7. The molecule has 6 fully saturated rings. The molecule has 6 saturated heterocycles. The van der Waals surface area contributed by atoms with Crippen LogP contribution < -0.4 is 46.2 Å². The van der Waals surface area contributed by atoms with E-state index in [1.165, 1.54) is 55.1 Å². The summed E-state index contributed by atoms with van der Waals surface area (Å²) in [5.74, 6) is -10.4. The fourth-order valence-electron chi connectivity index (χ4n) is 17.9. The van der Waals surface area contributed by atoms with E-state index in [0.717, 1.165) is 66.4 Å². The molecule has 2 unspecified atom stereocenters. The zero-order chi connectivity index (χ0) is 96.9. The molecule has 135 heavy (non-hydrogen) atoms. The average molecular weight is 1880 g/mol. The number of aromatic nitrogens is 4. The second-order valence-corrected chi connectivity index (χ2v) is 34.6. The van der Waals surface area contributed by atoms with Crippen molar-refractivity contribution >= 4 is 111 Å². The van der Waals surface area contributed by atoms with E-state index in [1.807, 2.05) is 56.5 Å². The minimum absolute atomic E-state index is 0.00702. The number of piperazine rings is 3. The van der Waals surface area contributed by atoms with Gasteiger partial charge in [-0.25, -0.2) is 37.5 Å². The van der Waals surface area contributed by atoms with Gasteiger partial charge in [-0.05, 0) is 184 Å². The van der Waals surface area contributed by atoms with Gasteiger partial charge < -0.3 is 45.6 Å². The monoisotopic (exact) mass is 1880 g/mol. The first-order valence-corrected chi connectivity index (χ1v) is 44.2. The van der Waals surface area contributed by atoms with Gasteiger partial charge in [0.05, 0.1) is 67.3 Å². The van der Waals surface area contributed by atoms with E-state index in [2.05, 4.69) is 61.2 Å². The summed E-state index contributed by atoms with van der Waals surface area (Å²) in [5.41, 5.74) is -1.13. The predicted octanol–water partition coefficient (Wildman–Crippen LogP) is 12.3. The largest absolute Gasteiger partial charge is 0.481 e. The number of carboxylic acid groups (broad SMARTS) is 1. The van der Waals surface area contributed by atoms with Gasteiger partial charge in [0, 0.05) is 175 Å². The summed E-state index contributed by atoms with van der Waals surface area (Å²) in [6.45, 7) is 13.3. The van der Waals surface area contributed by atoms with E-state index in [4.69, 9.17) is 5.11 Å². The van der Waals surface area contributed by atoms with Gasteiger partial charge in [-0.3, -0.25) is 87.8 Å². The third-order valence-electron chi connectivity index (χ3n) is 25.6. The number of piperidine rings is 3. The summed E-state index contributed by atoms with van der Waals surface area (Å²) >= 11 is 0. The number of unbranched alkanes of at least 4 members (excludes halogenated alkanes) is 1. The molecule has 0 radical (unpaired) electrons. The highest BCUT2D eigenvalue weighted by atomic mass is 19.4. The Morgan fingerprint density at radius 3 is 1.33 bits per heavy atom. The van der Waals surface area contributed by atoms with Crippen LogP contribution in [0, 0.1) is 23.3 Å². The molecule has 8 aliphatic heterocycles. The molecule has 8 aliphatic rings. The lowest BCUT2D eigenvalue weighted by atomic mass is 9.98. The number of benzene rings is 6. The molecule has 16 rings (SSSR count). The van der Waals surface area contributed by atoms with Crippen LogP contribution in [0.15, 0.2) is 122 Å². The molecule has 31 nitrogen and oxygen atoms in total. The number of nitrogens with one attached hydrogen (secondary N) is 5. The number of aliphatic carboxylic acids is 1. The van der Waals surface area contributed by atoms with E-state index in [1.54, 1.807) is 35.2 Å². The van der Waals surface area contributed by atoms with Crippen LogP contribution in [0.5, 0.6) is 0 Å². The van der Waals surface area contributed by atoms with Crippen molar-refractivity contribution in [3.8, 4) is 22.3 Å². The summed E-state index contributed by atoms with van der Waals surface area (Å²) < 4.78 is 142. The zero-order valence-electron chi connectivity index (χ0n) is 74.4. The van der Waals surface area contributed by atoms with Crippen molar-refractivity contribution in [2.24, 2.45) is 0 Å². The number of hydrogen-bond donors (Lipinski definition) is 6. The molecule has 6 N–H and O–H groups in total. The highest BCUT2D eigenvalue weighted by Crippen LogP contribution is 2.43. The molecule has 6 atom stereocenters. The highest BCUT2D eigenvalue weighted by molar-refractivity contribution is 6.26. The smallest absolute Gasteiger partial charge is 0.417 e. The Morgan fingerprint density at radius 2 is 0.896 bits per heavy atom. The van der Waals surface area contributed by atoms with Gasteiger partial charge in [0.2, 0.25) is 41.4 Å². The van der Waals surface area contributed by atoms with Crippen molar-refractivity contribution in [2.45, 2.75) is 160 Å². The molecule has 10 heterocycles. The van der Waals surface area contributed by atoms with Gasteiger partial charge in [0.1, 0.15) is 35.4 Å². The van der Waals surface area contributed by atoms with Crippen molar-refractivity contribution in [1.29, 1.82) is 0 Å². The number of halogens is 10. The maximum absolute atomic E-state index is 16.1. The summed E-state index contributed by atoms with van der Waals surface area (Å²) in [4.78, 5) is 183. The van der Waals surface area contributed by atoms with E-state index in [0.29, 0.717) is 119 Å². The number of imide groups is 4. The molecule has 0 spiro atoms. The Morgan fingerprint density at radius 1 is 0.467 bits per heavy atom. The Labute approximate surface area is 768 Å². The standard InChI is InChI=1S/C46H47F5N10O6.C30H33F5N6O.C18H18N2O6/c1-25-23-60(24-26(2)57(25)3)37-20-33(48)31(19-35(37)55-41(64)29-10-9-28(47)18-32(29)46(49,50)51)27-21-53-45(54-22-27)59-16-14-58(15-17-59)39(63)8-5-13-52-34-7-4-6-30-40(34)44(67)61(43(30)66)36-11-12-38(62)56-42(36)65;1-18-16-41(17-19(2)39(18)3)27-13-25(32)23(20-14-36-29(37-15-20)40-9-5-4-6-10-40)12-26(27)38-28(42)22-8-7-21(31)11-24(22)30(33,34)35;21-13-9-8-12(16(24)19-13)20-17(25)11-6-3-5-10(15(11)18(20)26)4-1-2-7-14(22)23/h4,6-7,9-10,18-22,25-26,36,52H,5,8,11-17,23-24H2,1-3H3,(H,55,64)(H,56,62,65);7-8,11-15,18-19H,4-6,9-10,16-17H2,1-3H3,(H,38,42);3,5-6,12H,1-2,4,7-9H2,(H,22,23)(H,19,21,24)/t25-,26+,36?;18-,19+;. The molecular formula is C94H98F10N18O13. The van der Waals surface area contributed by atoms with Gasteiger partial charge in [0.25, 0.3) is 35.4 Å². The van der Waals surface area contributed by atoms with E-state index < -0.39 is 135 Å². The molecule has 6 aromatic carbocycles. The van der Waals surface area contributed by atoms with Crippen molar-refractivity contribution in [3.63, 3.8) is 0 Å². The number of alkyl halides is 6. The topological polar surface area (TPSA) is 366 Å². The maximum Gasteiger partial charge on any atom is 0.417 e. The lowest BCUT2D eigenvalue weighted by molar-refractivity contribution is -0.138. The number of carboxylic acids is 1. The lowest BCUT2D eigenvalue weighted by Crippen LogP contribution is -2.55. The second kappa shape index (κ2) is 40.9. The molecule has 0 bridgehead atoms. The first kappa shape index (κ1) is 97.2. The number of nitrogens with zero attached hydrogens (tertiary/aromatic N) is 13. The number of aryl methyl sites for hydroxylation is 1. The van der Waals surface area contributed by atoms with E-state index in [9.17, 15) is 92.7 Å². The van der Waals surface area contributed by atoms with Crippen LogP contribution in [0.25, 0.3) is 22.3 Å². The quantitative estimate of drug-likeness (QED) is 0.0208. The normalized spacial score (nSPS) is 20.1. The Hall–Kier alpha value is -13.9. The maximum atomic E-state index is 16.1. The number of carbonyl (C=O) groups excluding carboxylic acids is 11. The lowest BCUT2D eigenvalue weighted by Gasteiger charge is -2.44. The van der Waals surface area contributed by atoms with Crippen LogP contribution >= 0.6 is 0 Å². The summed E-state index contributed by atoms with van der Waals surface area (Å²) in [7, 11) is 3.94. The van der Waals surface area contributed by atoms with Crippen LogP contribution in [0.4, 0.5) is 84.2 Å².